The molecule has 216 valence electrons. The zero-order valence-electron chi connectivity index (χ0n) is 24.8. The Morgan fingerprint density at radius 2 is 1.12 bits per heavy atom. The SMILES string of the molecule is CCCCCCCCCCCCOC(C)c1ccc(OC(=O)c2ccc(-c3ccc(OCCC)cc3)cc2)cc1. The fourth-order valence-corrected chi connectivity index (χ4v) is 4.68. The van der Waals surface area contributed by atoms with E-state index in [2.05, 4.69) is 20.8 Å². The highest BCUT2D eigenvalue weighted by Gasteiger charge is 2.11. The van der Waals surface area contributed by atoms with Gasteiger partial charge >= 0.3 is 5.97 Å². The van der Waals surface area contributed by atoms with Gasteiger partial charge in [0, 0.05) is 6.61 Å². The molecule has 0 aromatic heterocycles. The first-order chi connectivity index (χ1) is 19.6. The van der Waals surface area contributed by atoms with Gasteiger partial charge < -0.3 is 14.2 Å². The molecule has 1 unspecified atom stereocenters. The molecule has 0 spiro atoms. The minimum Gasteiger partial charge on any atom is -0.494 e. The molecule has 0 fully saturated rings. The van der Waals surface area contributed by atoms with E-state index in [0.29, 0.717) is 17.9 Å². The van der Waals surface area contributed by atoms with Crippen LogP contribution in [0.25, 0.3) is 11.1 Å². The van der Waals surface area contributed by atoms with E-state index in [0.717, 1.165) is 41.9 Å². The Kier molecular flexibility index (Phi) is 14.4. The van der Waals surface area contributed by atoms with Gasteiger partial charge in [-0.25, -0.2) is 4.79 Å². The first kappa shape index (κ1) is 31.4. The Morgan fingerprint density at radius 1 is 0.600 bits per heavy atom. The fourth-order valence-electron chi connectivity index (χ4n) is 4.68. The Hall–Kier alpha value is -3.11. The van der Waals surface area contributed by atoms with Crippen molar-refractivity contribution in [1.82, 2.24) is 0 Å². The van der Waals surface area contributed by atoms with Gasteiger partial charge in [0.2, 0.25) is 0 Å². The molecule has 3 aromatic rings. The van der Waals surface area contributed by atoms with Gasteiger partial charge in [-0.2, -0.15) is 0 Å². The molecule has 0 aliphatic carbocycles. The van der Waals surface area contributed by atoms with Crippen LogP contribution in [0.3, 0.4) is 0 Å². The maximum atomic E-state index is 12.7. The van der Waals surface area contributed by atoms with Gasteiger partial charge in [-0.15, -0.1) is 0 Å². The van der Waals surface area contributed by atoms with Crippen molar-refractivity contribution in [2.45, 2.75) is 97.5 Å². The van der Waals surface area contributed by atoms with Crippen molar-refractivity contribution in [1.29, 1.82) is 0 Å². The molecular formula is C36H48O4. The average Bonchev–Trinajstić information content (AvgIpc) is 2.99. The standard InChI is InChI=1S/C36H48O4/c1-4-6-7-8-9-10-11-12-13-14-28-38-29(3)30-19-25-35(26-20-30)40-36(37)33-17-15-31(16-18-33)32-21-23-34(24-22-32)39-27-5-2/h15-26,29H,4-14,27-28H2,1-3H3. The first-order valence-corrected chi connectivity index (χ1v) is 15.4. The largest absolute Gasteiger partial charge is 0.494 e. The predicted molar refractivity (Wildman–Crippen MR) is 165 cm³/mol. The highest BCUT2D eigenvalue weighted by atomic mass is 16.5. The lowest BCUT2D eigenvalue weighted by Crippen LogP contribution is -2.08. The maximum absolute atomic E-state index is 12.7. The second-order valence-corrected chi connectivity index (χ2v) is 10.6. The molecule has 3 rings (SSSR count). The van der Waals surface area contributed by atoms with Crippen LogP contribution >= 0.6 is 0 Å². The minimum absolute atomic E-state index is 0.0168. The Morgan fingerprint density at radius 3 is 1.70 bits per heavy atom. The van der Waals surface area contributed by atoms with Crippen LogP contribution in [-0.4, -0.2) is 19.2 Å². The Labute approximate surface area is 242 Å². The number of benzene rings is 3. The summed E-state index contributed by atoms with van der Waals surface area (Å²) >= 11 is 0. The summed E-state index contributed by atoms with van der Waals surface area (Å²) in [7, 11) is 0. The average molecular weight is 545 g/mol. The molecule has 0 N–H and O–H groups in total. The third-order valence-corrected chi connectivity index (χ3v) is 7.21. The van der Waals surface area contributed by atoms with Gasteiger partial charge in [0.15, 0.2) is 0 Å². The summed E-state index contributed by atoms with van der Waals surface area (Å²) in [5.41, 5.74) is 3.71. The minimum atomic E-state index is -0.368. The number of hydrogen-bond acceptors (Lipinski definition) is 4. The van der Waals surface area contributed by atoms with Crippen LogP contribution in [0.15, 0.2) is 72.8 Å². The van der Waals surface area contributed by atoms with Crippen LogP contribution < -0.4 is 9.47 Å². The second-order valence-electron chi connectivity index (χ2n) is 10.6. The van der Waals surface area contributed by atoms with Gasteiger partial charge in [-0.05, 0) is 72.9 Å². The van der Waals surface area contributed by atoms with Crippen LogP contribution in [-0.2, 0) is 4.74 Å². The molecule has 0 aliphatic rings. The number of esters is 1. The van der Waals surface area contributed by atoms with Crippen LogP contribution in [0.4, 0.5) is 0 Å². The van der Waals surface area contributed by atoms with Crippen LogP contribution in [0, 0.1) is 0 Å². The van der Waals surface area contributed by atoms with Crippen molar-refractivity contribution >= 4 is 5.97 Å². The number of carbonyl (C=O) groups is 1. The van der Waals surface area contributed by atoms with Crippen LogP contribution in [0.5, 0.6) is 11.5 Å². The van der Waals surface area contributed by atoms with Gasteiger partial charge in [0.05, 0.1) is 18.3 Å². The molecule has 1 atom stereocenters. The summed E-state index contributed by atoms with van der Waals surface area (Å²) in [4.78, 5) is 12.7. The highest BCUT2D eigenvalue weighted by molar-refractivity contribution is 5.91. The first-order valence-electron chi connectivity index (χ1n) is 15.4. The fraction of sp³-hybridized carbons (Fsp3) is 0.472. The van der Waals surface area contributed by atoms with Crippen molar-refractivity contribution in [3.8, 4) is 22.6 Å². The zero-order valence-corrected chi connectivity index (χ0v) is 24.8. The molecule has 0 heterocycles. The van der Waals surface area contributed by atoms with Crippen molar-refractivity contribution in [3.63, 3.8) is 0 Å². The summed E-state index contributed by atoms with van der Waals surface area (Å²) in [5, 5.41) is 0. The van der Waals surface area contributed by atoms with Gasteiger partial charge in [-0.3, -0.25) is 0 Å². The van der Waals surface area contributed by atoms with Crippen molar-refractivity contribution in [3.05, 3.63) is 83.9 Å². The second kappa shape index (κ2) is 18.3. The summed E-state index contributed by atoms with van der Waals surface area (Å²) in [6.45, 7) is 7.92. The van der Waals surface area contributed by atoms with E-state index in [9.17, 15) is 4.79 Å². The van der Waals surface area contributed by atoms with Crippen LogP contribution in [0.2, 0.25) is 0 Å². The molecule has 0 saturated heterocycles. The van der Waals surface area contributed by atoms with E-state index in [-0.39, 0.29) is 12.1 Å². The molecule has 0 aliphatic heterocycles. The maximum Gasteiger partial charge on any atom is 0.343 e. The molecule has 0 bridgehead atoms. The van der Waals surface area contributed by atoms with E-state index in [1.165, 1.54) is 57.8 Å². The molecule has 0 amide bonds. The summed E-state index contributed by atoms with van der Waals surface area (Å²) < 4.78 is 17.3. The smallest absolute Gasteiger partial charge is 0.343 e. The predicted octanol–water partition coefficient (Wildman–Crippen LogP) is 10.4. The normalized spacial score (nSPS) is 11.8. The molecule has 4 heteroatoms. The zero-order chi connectivity index (χ0) is 28.4. The van der Waals surface area contributed by atoms with Crippen molar-refractivity contribution < 1.29 is 19.0 Å². The molecule has 0 radical (unpaired) electrons. The Bertz CT molecular complexity index is 1090. The van der Waals surface area contributed by atoms with E-state index < -0.39 is 0 Å². The number of rotatable bonds is 19. The highest BCUT2D eigenvalue weighted by Crippen LogP contribution is 2.25. The van der Waals surface area contributed by atoms with Gasteiger partial charge in [-0.1, -0.05) is 108 Å². The van der Waals surface area contributed by atoms with Crippen molar-refractivity contribution in [2.24, 2.45) is 0 Å². The third-order valence-electron chi connectivity index (χ3n) is 7.21. The number of hydrogen-bond donors (Lipinski definition) is 0. The lowest BCUT2D eigenvalue weighted by molar-refractivity contribution is 0.0627. The van der Waals surface area contributed by atoms with E-state index in [1.807, 2.05) is 60.7 Å². The van der Waals surface area contributed by atoms with E-state index in [4.69, 9.17) is 14.2 Å². The van der Waals surface area contributed by atoms with E-state index >= 15 is 0 Å². The monoisotopic (exact) mass is 544 g/mol. The molecule has 40 heavy (non-hydrogen) atoms. The third kappa shape index (κ3) is 11.2. The molecule has 4 nitrogen and oxygen atoms in total. The number of ether oxygens (including phenoxy) is 3. The lowest BCUT2D eigenvalue weighted by atomic mass is 10.0. The summed E-state index contributed by atoms with van der Waals surface area (Å²) in [5.74, 6) is 1.03. The Balaban J connectivity index is 1.36. The number of carbonyl (C=O) groups excluding carboxylic acids is 1. The van der Waals surface area contributed by atoms with E-state index in [1.54, 1.807) is 12.1 Å². The topological polar surface area (TPSA) is 44.8 Å². The summed E-state index contributed by atoms with van der Waals surface area (Å²) in [6.07, 6.45) is 14.2. The van der Waals surface area contributed by atoms with Gasteiger partial charge in [0.1, 0.15) is 11.5 Å². The molecular weight excluding hydrogens is 496 g/mol. The molecule has 3 aromatic carbocycles. The van der Waals surface area contributed by atoms with Crippen LogP contribution in [0.1, 0.15) is 113 Å². The summed E-state index contributed by atoms with van der Waals surface area (Å²) in [6, 6.07) is 23.1. The van der Waals surface area contributed by atoms with Crippen molar-refractivity contribution in [2.75, 3.05) is 13.2 Å². The number of unbranched alkanes of at least 4 members (excludes halogenated alkanes) is 9. The lowest BCUT2D eigenvalue weighted by Gasteiger charge is -2.14. The quantitative estimate of drug-likeness (QED) is 0.0855. The molecule has 0 saturated carbocycles. The van der Waals surface area contributed by atoms with Gasteiger partial charge in [0.25, 0.3) is 0 Å².